The van der Waals surface area contributed by atoms with Crippen molar-refractivity contribution in [1.82, 2.24) is 10.2 Å². The molecule has 0 spiro atoms. The first-order valence-electron chi connectivity index (χ1n) is 7.89. The van der Waals surface area contributed by atoms with Crippen LogP contribution in [0.4, 0.5) is 5.13 Å². The van der Waals surface area contributed by atoms with Crippen molar-refractivity contribution in [3.63, 3.8) is 0 Å². The van der Waals surface area contributed by atoms with Crippen LogP contribution < -0.4 is 14.8 Å². The van der Waals surface area contributed by atoms with Crippen molar-refractivity contribution in [1.29, 1.82) is 0 Å². The fourth-order valence-corrected chi connectivity index (χ4v) is 2.90. The lowest BCUT2D eigenvalue weighted by Crippen LogP contribution is -2.07. The third-order valence-electron chi connectivity index (χ3n) is 3.13. The third kappa shape index (κ3) is 5.44. The van der Waals surface area contributed by atoms with E-state index in [0.29, 0.717) is 28.3 Å². The largest absolute Gasteiger partial charge is 0.493 e. The molecule has 2 rings (SSSR count). The standard InChI is InChI=1S/C17H20ClN3O3S/c1-4-8-24-16-12(18)9-11(10-13(16)23-3)6-7-14(22)19-17-21-20-15(5-2)25-17/h6-7,9-10H,4-5,8H2,1-3H3,(H,19,21,22)/b7-6+. The molecule has 0 unspecified atom stereocenters. The fourth-order valence-electron chi connectivity index (χ4n) is 1.95. The number of anilines is 1. The summed E-state index contributed by atoms with van der Waals surface area (Å²) in [7, 11) is 1.55. The van der Waals surface area contributed by atoms with Crippen LogP contribution in [0.5, 0.6) is 11.5 Å². The number of hydrogen-bond donors (Lipinski definition) is 1. The number of halogens is 1. The Morgan fingerprint density at radius 3 is 2.80 bits per heavy atom. The van der Waals surface area contributed by atoms with E-state index in [-0.39, 0.29) is 5.91 Å². The number of rotatable bonds is 8. The van der Waals surface area contributed by atoms with Crippen LogP contribution in [0, 0.1) is 0 Å². The lowest BCUT2D eigenvalue weighted by Gasteiger charge is -2.12. The molecule has 0 aliphatic heterocycles. The highest BCUT2D eigenvalue weighted by atomic mass is 35.5. The van der Waals surface area contributed by atoms with Gasteiger partial charge in [-0.05, 0) is 36.6 Å². The number of aryl methyl sites for hydroxylation is 1. The minimum Gasteiger partial charge on any atom is -0.493 e. The zero-order chi connectivity index (χ0) is 18.2. The van der Waals surface area contributed by atoms with Gasteiger partial charge >= 0.3 is 0 Å². The second-order valence-corrected chi connectivity index (χ2v) is 6.53. The van der Waals surface area contributed by atoms with Gasteiger partial charge in [-0.3, -0.25) is 10.1 Å². The topological polar surface area (TPSA) is 73.3 Å². The smallest absolute Gasteiger partial charge is 0.250 e. The second-order valence-electron chi connectivity index (χ2n) is 5.06. The van der Waals surface area contributed by atoms with Crippen LogP contribution in [0.2, 0.25) is 5.02 Å². The van der Waals surface area contributed by atoms with Crippen LogP contribution in [0.1, 0.15) is 30.8 Å². The van der Waals surface area contributed by atoms with Gasteiger partial charge in [-0.1, -0.05) is 36.8 Å². The molecular formula is C17H20ClN3O3S. The highest BCUT2D eigenvalue weighted by Gasteiger charge is 2.11. The van der Waals surface area contributed by atoms with Crippen LogP contribution in [-0.4, -0.2) is 29.8 Å². The van der Waals surface area contributed by atoms with Gasteiger partial charge in [0.25, 0.3) is 0 Å². The first-order chi connectivity index (χ1) is 12.1. The molecule has 6 nitrogen and oxygen atoms in total. The lowest BCUT2D eigenvalue weighted by molar-refractivity contribution is -0.111. The normalized spacial score (nSPS) is 10.9. The highest BCUT2D eigenvalue weighted by molar-refractivity contribution is 7.15. The molecule has 1 aromatic heterocycles. The van der Waals surface area contributed by atoms with E-state index in [1.54, 1.807) is 25.3 Å². The number of aromatic nitrogens is 2. The molecule has 1 aromatic carbocycles. The van der Waals surface area contributed by atoms with E-state index in [4.69, 9.17) is 21.1 Å². The summed E-state index contributed by atoms with van der Waals surface area (Å²) in [6, 6.07) is 3.49. The van der Waals surface area contributed by atoms with Gasteiger partial charge in [-0.25, -0.2) is 0 Å². The van der Waals surface area contributed by atoms with Crippen molar-refractivity contribution in [3.05, 3.63) is 33.8 Å². The summed E-state index contributed by atoms with van der Waals surface area (Å²) in [6.07, 6.45) is 4.71. The van der Waals surface area contributed by atoms with Gasteiger partial charge in [0, 0.05) is 6.08 Å². The molecule has 25 heavy (non-hydrogen) atoms. The van der Waals surface area contributed by atoms with Gasteiger partial charge in [0.15, 0.2) is 11.5 Å². The van der Waals surface area contributed by atoms with Gasteiger partial charge in [-0.2, -0.15) is 0 Å². The van der Waals surface area contributed by atoms with Gasteiger partial charge in [-0.15, -0.1) is 10.2 Å². The predicted octanol–water partition coefficient (Wildman–Crippen LogP) is 4.20. The van der Waals surface area contributed by atoms with Gasteiger partial charge in [0.05, 0.1) is 18.7 Å². The van der Waals surface area contributed by atoms with Gasteiger partial charge in [0.1, 0.15) is 5.01 Å². The van der Waals surface area contributed by atoms with Crippen molar-refractivity contribution in [2.75, 3.05) is 19.0 Å². The Morgan fingerprint density at radius 2 is 2.16 bits per heavy atom. The minimum atomic E-state index is -0.291. The zero-order valence-corrected chi connectivity index (χ0v) is 15.9. The quantitative estimate of drug-likeness (QED) is 0.693. The number of benzene rings is 1. The molecule has 1 amide bonds. The lowest BCUT2D eigenvalue weighted by atomic mass is 10.2. The summed E-state index contributed by atoms with van der Waals surface area (Å²) in [6.45, 7) is 4.55. The van der Waals surface area contributed by atoms with Gasteiger partial charge in [0.2, 0.25) is 11.0 Å². The number of methoxy groups -OCH3 is 1. The Bertz CT molecular complexity index is 762. The van der Waals surface area contributed by atoms with Crippen molar-refractivity contribution in [2.24, 2.45) is 0 Å². The SMILES string of the molecule is CCCOc1c(Cl)cc(/C=C/C(=O)Nc2nnc(CC)s2)cc1OC. The first-order valence-corrected chi connectivity index (χ1v) is 9.08. The van der Waals surface area contributed by atoms with Crippen molar-refractivity contribution in [2.45, 2.75) is 26.7 Å². The van der Waals surface area contributed by atoms with E-state index < -0.39 is 0 Å². The van der Waals surface area contributed by atoms with Crippen molar-refractivity contribution < 1.29 is 14.3 Å². The Balaban J connectivity index is 2.09. The number of amides is 1. The summed E-state index contributed by atoms with van der Waals surface area (Å²) < 4.78 is 10.9. The highest BCUT2D eigenvalue weighted by Crippen LogP contribution is 2.36. The fraction of sp³-hybridized carbons (Fsp3) is 0.353. The van der Waals surface area contributed by atoms with E-state index >= 15 is 0 Å². The first kappa shape index (κ1) is 19.2. The predicted molar refractivity (Wildman–Crippen MR) is 101 cm³/mol. The average molecular weight is 382 g/mol. The molecule has 8 heteroatoms. The maximum absolute atomic E-state index is 12.0. The van der Waals surface area contributed by atoms with Crippen LogP contribution in [0.15, 0.2) is 18.2 Å². The Kier molecular flexibility index (Phi) is 7.21. The number of nitrogens with one attached hydrogen (secondary N) is 1. The molecule has 0 saturated carbocycles. The molecule has 0 saturated heterocycles. The van der Waals surface area contributed by atoms with Crippen LogP contribution >= 0.6 is 22.9 Å². The number of hydrogen-bond acceptors (Lipinski definition) is 6. The molecule has 1 N–H and O–H groups in total. The molecule has 0 aliphatic rings. The molecule has 1 heterocycles. The molecule has 0 radical (unpaired) electrons. The van der Waals surface area contributed by atoms with Crippen LogP contribution in [-0.2, 0) is 11.2 Å². The minimum absolute atomic E-state index is 0.291. The van der Waals surface area contributed by atoms with E-state index in [1.165, 1.54) is 17.4 Å². The van der Waals surface area contributed by atoms with E-state index in [2.05, 4.69) is 15.5 Å². The third-order valence-corrected chi connectivity index (χ3v) is 4.39. The average Bonchev–Trinajstić information content (AvgIpc) is 3.06. The van der Waals surface area contributed by atoms with E-state index in [0.717, 1.165) is 23.4 Å². The summed E-state index contributed by atoms with van der Waals surface area (Å²) >= 11 is 7.61. The number of carbonyl (C=O) groups is 1. The van der Waals surface area contributed by atoms with E-state index in [9.17, 15) is 4.79 Å². The molecule has 0 fully saturated rings. The molecule has 134 valence electrons. The maximum atomic E-state index is 12.0. The van der Waals surface area contributed by atoms with Crippen molar-refractivity contribution >= 4 is 40.1 Å². The summed E-state index contributed by atoms with van der Waals surface area (Å²) in [5.74, 6) is 0.742. The van der Waals surface area contributed by atoms with Crippen LogP contribution in [0.25, 0.3) is 6.08 Å². The molecule has 0 atom stereocenters. The Hall–Kier alpha value is -2.12. The molecule has 0 aliphatic carbocycles. The summed E-state index contributed by atoms with van der Waals surface area (Å²) in [5.41, 5.74) is 0.729. The zero-order valence-electron chi connectivity index (χ0n) is 14.3. The van der Waals surface area contributed by atoms with Crippen LogP contribution in [0.3, 0.4) is 0 Å². The maximum Gasteiger partial charge on any atom is 0.250 e. The summed E-state index contributed by atoms with van der Waals surface area (Å²) in [5, 5.41) is 12.3. The Labute approximate surface area is 155 Å². The monoisotopic (exact) mass is 381 g/mol. The number of ether oxygens (including phenoxy) is 2. The van der Waals surface area contributed by atoms with Crippen molar-refractivity contribution in [3.8, 4) is 11.5 Å². The Morgan fingerprint density at radius 1 is 1.36 bits per heavy atom. The molecular weight excluding hydrogens is 362 g/mol. The molecule has 2 aromatic rings. The molecule has 0 bridgehead atoms. The van der Waals surface area contributed by atoms with E-state index in [1.807, 2.05) is 13.8 Å². The van der Waals surface area contributed by atoms with Gasteiger partial charge < -0.3 is 9.47 Å². The second kappa shape index (κ2) is 9.39. The summed E-state index contributed by atoms with van der Waals surface area (Å²) in [4.78, 5) is 12.0. The number of carbonyl (C=O) groups excluding carboxylic acids is 1. The number of nitrogens with zero attached hydrogens (tertiary/aromatic N) is 2.